The summed E-state index contributed by atoms with van der Waals surface area (Å²) in [5.41, 5.74) is 1.06. The highest BCUT2D eigenvalue weighted by Crippen LogP contribution is 2.19. The topological polar surface area (TPSA) is 33.5 Å². The summed E-state index contributed by atoms with van der Waals surface area (Å²) in [6.07, 6.45) is 3.73. The number of carbonyl (C=O) groups is 1. The average Bonchev–Trinajstić information content (AvgIpc) is 3.04. The summed E-state index contributed by atoms with van der Waals surface area (Å²) < 4.78 is 5.39. The Morgan fingerprint density at radius 2 is 1.95 bits per heavy atom. The predicted octanol–water partition coefficient (Wildman–Crippen LogP) is 4.21. The van der Waals surface area contributed by atoms with Crippen LogP contribution in [0.3, 0.4) is 0 Å². The van der Waals surface area contributed by atoms with Gasteiger partial charge in [-0.05, 0) is 31.0 Å². The van der Waals surface area contributed by atoms with Crippen molar-refractivity contribution in [2.45, 2.75) is 39.2 Å². The van der Waals surface area contributed by atoms with E-state index in [-0.39, 0.29) is 11.8 Å². The molecule has 1 amide bonds. The molecule has 21 heavy (non-hydrogen) atoms. The second-order valence-corrected chi connectivity index (χ2v) is 5.33. The van der Waals surface area contributed by atoms with Crippen molar-refractivity contribution in [3.63, 3.8) is 0 Å². The number of nitrogens with zero attached hydrogens (tertiary/aromatic N) is 1. The largest absolute Gasteiger partial charge is 0.467 e. The number of benzene rings is 1. The molecular weight excluding hydrogens is 262 g/mol. The maximum Gasteiger partial charge on any atom is 0.230 e. The van der Waals surface area contributed by atoms with Crippen LogP contribution in [0.25, 0.3) is 0 Å². The van der Waals surface area contributed by atoms with Crippen LogP contribution in [-0.2, 0) is 11.3 Å². The standard InChI is InChI=1S/C18H23NO2/c1-3-4-12-19(14-17-11-8-13-21-17)18(20)15(2)16-9-6-5-7-10-16/h5-11,13,15H,3-4,12,14H2,1-2H3/t15-/m0/s1. The highest BCUT2D eigenvalue weighted by molar-refractivity contribution is 5.83. The zero-order chi connectivity index (χ0) is 15.1. The molecule has 0 bridgehead atoms. The second kappa shape index (κ2) is 7.67. The maximum atomic E-state index is 12.8. The van der Waals surface area contributed by atoms with E-state index in [9.17, 15) is 4.79 Å². The quantitative estimate of drug-likeness (QED) is 0.763. The fourth-order valence-corrected chi connectivity index (χ4v) is 2.36. The summed E-state index contributed by atoms with van der Waals surface area (Å²) in [5, 5.41) is 0. The Balaban J connectivity index is 2.09. The van der Waals surface area contributed by atoms with Crippen LogP contribution in [0.15, 0.2) is 53.1 Å². The molecule has 0 aliphatic heterocycles. The van der Waals surface area contributed by atoms with E-state index in [4.69, 9.17) is 4.42 Å². The van der Waals surface area contributed by atoms with Gasteiger partial charge in [-0.25, -0.2) is 0 Å². The molecule has 0 unspecified atom stereocenters. The zero-order valence-electron chi connectivity index (χ0n) is 12.8. The van der Waals surface area contributed by atoms with E-state index in [1.165, 1.54) is 0 Å². The number of furan rings is 1. The first-order valence-electron chi connectivity index (χ1n) is 7.58. The molecular formula is C18H23NO2. The van der Waals surface area contributed by atoms with Crippen molar-refractivity contribution >= 4 is 5.91 Å². The van der Waals surface area contributed by atoms with Gasteiger partial charge in [-0.1, -0.05) is 43.7 Å². The summed E-state index contributed by atoms with van der Waals surface area (Å²) in [4.78, 5) is 14.7. The molecule has 0 saturated heterocycles. The lowest BCUT2D eigenvalue weighted by molar-refractivity contribution is -0.133. The highest BCUT2D eigenvalue weighted by Gasteiger charge is 2.22. The summed E-state index contributed by atoms with van der Waals surface area (Å²) >= 11 is 0. The number of amides is 1. The molecule has 0 spiro atoms. The van der Waals surface area contributed by atoms with Crippen LogP contribution in [0.2, 0.25) is 0 Å². The van der Waals surface area contributed by atoms with Gasteiger partial charge in [0, 0.05) is 6.54 Å². The zero-order valence-corrected chi connectivity index (χ0v) is 12.8. The third kappa shape index (κ3) is 4.22. The van der Waals surface area contributed by atoms with E-state index in [0.717, 1.165) is 30.7 Å². The Bertz CT molecular complexity index is 534. The van der Waals surface area contributed by atoms with Crippen LogP contribution in [0.5, 0.6) is 0 Å². The van der Waals surface area contributed by atoms with Gasteiger partial charge in [0.05, 0.1) is 18.7 Å². The molecule has 0 aliphatic carbocycles. The van der Waals surface area contributed by atoms with Gasteiger partial charge in [0.1, 0.15) is 5.76 Å². The van der Waals surface area contributed by atoms with Crippen molar-refractivity contribution in [1.29, 1.82) is 0 Å². The van der Waals surface area contributed by atoms with Gasteiger partial charge < -0.3 is 9.32 Å². The normalized spacial score (nSPS) is 12.1. The smallest absolute Gasteiger partial charge is 0.230 e. The van der Waals surface area contributed by atoms with Crippen molar-refractivity contribution in [2.75, 3.05) is 6.54 Å². The molecule has 0 saturated carbocycles. The van der Waals surface area contributed by atoms with Crippen LogP contribution >= 0.6 is 0 Å². The first-order valence-corrected chi connectivity index (χ1v) is 7.58. The number of rotatable bonds is 7. The Morgan fingerprint density at radius 3 is 2.57 bits per heavy atom. The van der Waals surface area contributed by atoms with E-state index < -0.39 is 0 Å². The van der Waals surface area contributed by atoms with Gasteiger partial charge in [-0.15, -0.1) is 0 Å². The van der Waals surface area contributed by atoms with Gasteiger partial charge in [0.15, 0.2) is 0 Å². The van der Waals surface area contributed by atoms with Gasteiger partial charge in [-0.2, -0.15) is 0 Å². The molecule has 1 aromatic heterocycles. The third-order valence-corrected chi connectivity index (χ3v) is 3.69. The Hall–Kier alpha value is -2.03. The number of unbranched alkanes of at least 4 members (excludes halogenated alkanes) is 1. The molecule has 0 radical (unpaired) electrons. The molecule has 0 aliphatic rings. The molecule has 1 aromatic carbocycles. The van der Waals surface area contributed by atoms with Gasteiger partial charge in [0.25, 0.3) is 0 Å². The highest BCUT2D eigenvalue weighted by atomic mass is 16.3. The van der Waals surface area contributed by atoms with Crippen LogP contribution in [0, 0.1) is 0 Å². The van der Waals surface area contributed by atoms with E-state index in [2.05, 4.69) is 6.92 Å². The lowest BCUT2D eigenvalue weighted by atomic mass is 9.99. The Morgan fingerprint density at radius 1 is 1.19 bits per heavy atom. The van der Waals surface area contributed by atoms with E-state index in [1.807, 2.05) is 54.3 Å². The van der Waals surface area contributed by atoms with Crippen LogP contribution in [-0.4, -0.2) is 17.4 Å². The number of hydrogen-bond acceptors (Lipinski definition) is 2. The van der Waals surface area contributed by atoms with Crippen molar-refractivity contribution in [2.24, 2.45) is 0 Å². The van der Waals surface area contributed by atoms with Crippen LogP contribution in [0.1, 0.15) is 43.9 Å². The fourth-order valence-electron chi connectivity index (χ4n) is 2.36. The molecule has 3 nitrogen and oxygen atoms in total. The van der Waals surface area contributed by atoms with Gasteiger partial charge in [-0.3, -0.25) is 4.79 Å². The van der Waals surface area contributed by atoms with E-state index >= 15 is 0 Å². The molecule has 0 fully saturated rings. The third-order valence-electron chi connectivity index (χ3n) is 3.69. The van der Waals surface area contributed by atoms with Crippen molar-refractivity contribution in [3.8, 4) is 0 Å². The lowest BCUT2D eigenvalue weighted by Crippen LogP contribution is -2.34. The first kappa shape index (κ1) is 15.4. The molecule has 2 rings (SSSR count). The molecule has 3 heteroatoms. The fraction of sp³-hybridized carbons (Fsp3) is 0.389. The predicted molar refractivity (Wildman–Crippen MR) is 83.9 cm³/mol. The minimum absolute atomic E-state index is 0.127. The second-order valence-electron chi connectivity index (χ2n) is 5.33. The van der Waals surface area contributed by atoms with E-state index in [0.29, 0.717) is 6.54 Å². The maximum absolute atomic E-state index is 12.8. The molecule has 112 valence electrons. The molecule has 0 N–H and O–H groups in total. The molecule has 2 aromatic rings. The molecule has 1 atom stereocenters. The van der Waals surface area contributed by atoms with Crippen LogP contribution < -0.4 is 0 Å². The minimum atomic E-state index is -0.127. The monoisotopic (exact) mass is 285 g/mol. The van der Waals surface area contributed by atoms with E-state index in [1.54, 1.807) is 6.26 Å². The Kier molecular flexibility index (Phi) is 5.61. The summed E-state index contributed by atoms with van der Waals surface area (Å²) in [7, 11) is 0. The molecule has 1 heterocycles. The lowest BCUT2D eigenvalue weighted by Gasteiger charge is -2.25. The minimum Gasteiger partial charge on any atom is -0.467 e. The van der Waals surface area contributed by atoms with Gasteiger partial charge >= 0.3 is 0 Å². The Labute approximate surface area is 126 Å². The first-order chi connectivity index (χ1) is 10.2. The summed E-state index contributed by atoms with van der Waals surface area (Å²) in [6, 6.07) is 13.7. The average molecular weight is 285 g/mol. The van der Waals surface area contributed by atoms with Crippen molar-refractivity contribution in [3.05, 3.63) is 60.1 Å². The SMILES string of the molecule is CCCCN(Cc1ccco1)C(=O)[C@@H](C)c1ccccc1. The van der Waals surface area contributed by atoms with Crippen LogP contribution in [0.4, 0.5) is 0 Å². The number of hydrogen-bond donors (Lipinski definition) is 0. The summed E-state index contributed by atoms with van der Waals surface area (Å²) in [6.45, 7) is 5.42. The van der Waals surface area contributed by atoms with Crippen molar-refractivity contribution < 1.29 is 9.21 Å². The number of carbonyl (C=O) groups excluding carboxylic acids is 1. The van der Waals surface area contributed by atoms with Gasteiger partial charge in [0.2, 0.25) is 5.91 Å². The van der Waals surface area contributed by atoms with Crippen molar-refractivity contribution in [1.82, 2.24) is 4.90 Å². The summed E-state index contributed by atoms with van der Waals surface area (Å²) in [5.74, 6) is 0.865.